The lowest BCUT2D eigenvalue weighted by atomic mass is 10.1. The van der Waals surface area contributed by atoms with Crippen LogP contribution in [-0.4, -0.2) is 25.0 Å². The number of hydrogen-bond donors (Lipinski definition) is 0. The lowest BCUT2D eigenvalue weighted by molar-refractivity contribution is -0.137. The molecule has 5 heteroatoms. The number of hydrogen-bond acceptors (Lipinski definition) is 4. The van der Waals surface area contributed by atoms with Crippen LogP contribution in [0.2, 0.25) is 0 Å². The molecular formula is C14H15FO4. The van der Waals surface area contributed by atoms with Gasteiger partial charge in [-0.15, -0.1) is 0 Å². The second kappa shape index (κ2) is 5.82. The van der Waals surface area contributed by atoms with Crippen molar-refractivity contribution in [2.75, 3.05) is 13.2 Å². The first-order valence-corrected chi connectivity index (χ1v) is 6.26. The Kier molecular flexibility index (Phi) is 4.14. The number of rotatable bonds is 6. The second-order valence-electron chi connectivity index (χ2n) is 4.42. The summed E-state index contributed by atoms with van der Waals surface area (Å²) in [5, 5.41) is 0. The summed E-state index contributed by atoms with van der Waals surface area (Å²) in [4.78, 5) is 23.3. The molecule has 0 unspecified atom stereocenters. The Labute approximate surface area is 110 Å². The number of Topliss-reactive ketones (excluding diaryl/α,β-unsaturated/α-hetero) is 1. The molecule has 1 aliphatic carbocycles. The summed E-state index contributed by atoms with van der Waals surface area (Å²) < 4.78 is 23.7. The number of halogens is 1. The fourth-order valence-electron chi connectivity index (χ4n) is 1.63. The van der Waals surface area contributed by atoms with Crippen LogP contribution >= 0.6 is 0 Å². The molecule has 0 heterocycles. The number of para-hydroxylation sites is 1. The summed E-state index contributed by atoms with van der Waals surface area (Å²) in [6.45, 7) is 2.06. The molecule has 0 aromatic heterocycles. The molecule has 1 aromatic rings. The maximum Gasteiger partial charge on any atom is 0.379 e. The van der Waals surface area contributed by atoms with Crippen molar-refractivity contribution < 1.29 is 23.5 Å². The van der Waals surface area contributed by atoms with Gasteiger partial charge >= 0.3 is 5.97 Å². The molecule has 1 aliphatic rings. The number of ketones is 1. The zero-order valence-corrected chi connectivity index (χ0v) is 10.6. The van der Waals surface area contributed by atoms with Crippen molar-refractivity contribution in [3.05, 3.63) is 29.6 Å². The van der Waals surface area contributed by atoms with Gasteiger partial charge in [0.15, 0.2) is 11.6 Å². The SMILES string of the molecule is CCOC(=O)C(=O)c1cccc(F)c1OCC1CC1. The number of benzene rings is 1. The summed E-state index contributed by atoms with van der Waals surface area (Å²) in [7, 11) is 0. The Morgan fingerprint density at radius 3 is 2.74 bits per heavy atom. The summed E-state index contributed by atoms with van der Waals surface area (Å²) in [6, 6.07) is 3.93. The molecule has 2 rings (SSSR count). The van der Waals surface area contributed by atoms with Gasteiger partial charge in [-0.3, -0.25) is 4.79 Å². The van der Waals surface area contributed by atoms with E-state index in [1.165, 1.54) is 18.2 Å². The molecule has 0 spiro atoms. The molecule has 0 saturated heterocycles. The molecular weight excluding hydrogens is 251 g/mol. The highest BCUT2D eigenvalue weighted by Crippen LogP contribution is 2.31. The second-order valence-corrected chi connectivity index (χ2v) is 4.42. The first-order chi connectivity index (χ1) is 9.13. The van der Waals surface area contributed by atoms with Crippen LogP contribution in [0.5, 0.6) is 5.75 Å². The standard InChI is InChI=1S/C14H15FO4/c1-2-18-14(17)12(16)10-4-3-5-11(15)13(10)19-8-9-6-7-9/h3-5,9H,2,6-8H2,1H3. The highest BCUT2D eigenvalue weighted by Gasteiger charge is 2.27. The van der Waals surface area contributed by atoms with Crippen molar-refractivity contribution in [1.29, 1.82) is 0 Å². The van der Waals surface area contributed by atoms with Gasteiger partial charge in [-0.25, -0.2) is 9.18 Å². The van der Waals surface area contributed by atoms with Gasteiger partial charge in [0, 0.05) is 0 Å². The quantitative estimate of drug-likeness (QED) is 0.450. The van der Waals surface area contributed by atoms with Crippen LogP contribution in [0, 0.1) is 11.7 Å². The molecule has 102 valence electrons. The summed E-state index contributed by atoms with van der Waals surface area (Å²) in [5.74, 6) is -2.26. The fraction of sp³-hybridized carbons (Fsp3) is 0.429. The Morgan fingerprint density at radius 1 is 1.37 bits per heavy atom. The molecule has 1 fully saturated rings. The minimum atomic E-state index is -0.996. The van der Waals surface area contributed by atoms with Gasteiger partial charge in [0.2, 0.25) is 0 Å². The van der Waals surface area contributed by atoms with Crippen LogP contribution in [-0.2, 0) is 9.53 Å². The van der Waals surface area contributed by atoms with Crippen molar-refractivity contribution in [3.63, 3.8) is 0 Å². The van der Waals surface area contributed by atoms with E-state index < -0.39 is 17.6 Å². The lowest BCUT2D eigenvalue weighted by Gasteiger charge is -2.10. The number of carbonyl (C=O) groups is 2. The minimum Gasteiger partial charge on any atom is -0.489 e. The molecule has 1 saturated carbocycles. The van der Waals surface area contributed by atoms with Gasteiger partial charge in [-0.1, -0.05) is 6.07 Å². The molecule has 19 heavy (non-hydrogen) atoms. The van der Waals surface area contributed by atoms with E-state index in [-0.39, 0.29) is 17.9 Å². The van der Waals surface area contributed by atoms with Crippen molar-refractivity contribution in [2.24, 2.45) is 5.92 Å². The van der Waals surface area contributed by atoms with Gasteiger partial charge in [-0.05, 0) is 37.8 Å². The Hall–Kier alpha value is -1.91. The van der Waals surface area contributed by atoms with Gasteiger partial charge in [-0.2, -0.15) is 0 Å². The predicted octanol–water partition coefficient (Wildman–Crippen LogP) is 2.36. The molecule has 0 N–H and O–H groups in total. The van der Waals surface area contributed by atoms with E-state index in [1.807, 2.05) is 0 Å². The molecule has 0 aliphatic heterocycles. The third-order valence-corrected chi connectivity index (χ3v) is 2.83. The van der Waals surface area contributed by atoms with Crippen LogP contribution in [0.15, 0.2) is 18.2 Å². The van der Waals surface area contributed by atoms with Gasteiger partial charge < -0.3 is 9.47 Å². The molecule has 4 nitrogen and oxygen atoms in total. The third kappa shape index (κ3) is 3.30. The zero-order chi connectivity index (χ0) is 13.8. The maximum atomic E-state index is 13.7. The highest BCUT2D eigenvalue weighted by molar-refractivity contribution is 6.41. The van der Waals surface area contributed by atoms with E-state index in [9.17, 15) is 14.0 Å². The Morgan fingerprint density at radius 2 is 2.11 bits per heavy atom. The predicted molar refractivity (Wildman–Crippen MR) is 65.6 cm³/mol. The molecule has 1 aromatic carbocycles. The average molecular weight is 266 g/mol. The van der Waals surface area contributed by atoms with Crippen LogP contribution in [0.3, 0.4) is 0 Å². The van der Waals surface area contributed by atoms with Gasteiger partial charge in [0.1, 0.15) is 0 Å². The van der Waals surface area contributed by atoms with Crippen molar-refractivity contribution in [3.8, 4) is 5.75 Å². The summed E-state index contributed by atoms with van der Waals surface area (Å²) in [5.41, 5.74) is -0.0842. The normalized spacial score (nSPS) is 14.0. The first-order valence-electron chi connectivity index (χ1n) is 6.26. The molecule has 0 amide bonds. The molecule has 0 radical (unpaired) electrons. The van der Waals surface area contributed by atoms with E-state index in [0.717, 1.165) is 12.8 Å². The third-order valence-electron chi connectivity index (χ3n) is 2.83. The fourth-order valence-corrected chi connectivity index (χ4v) is 1.63. The van der Waals surface area contributed by atoms with E-state index in [1.54, 1.807) is 6.92 Å². The van der Waals surface area contributed by atoms with Crippen molar-refractivity contribution in [2.45, 2.75) is 19.8 Å². The topological polar surface area (TPSA) is 52.6 Å². The molecule has 0 bridgehead atoms. The van der Waals surface area contributed by atoms with Gasteiger partial charge in [0.05, 0.1) is 18.8 Å². The Bertz CT molecular complexity index is 494. The van der Waals surface area contributed by atoms with Crippen LogP contribution < -0.4 is 4.74 Å². The largest absolute Gasteiger partial charge is 0.489 e. The van der Waals surface area contributed by atoms with E-state index in [0.29, 0.717) is 12.5 Å². The Balaban J connectivity index is 2.19. The van der Waals surface area contributed by atoms with E-state index in [4.69, 9.17) is 4.74 Å². The summed E-state index contributed by atoms with van der Waals surface area (Å²) >= 11 is 0. The monoisotopic (exact) mass is 266 g/mol. The van der Waals surface area contributed by atoms with Gasteiger partial charge in [0.25, 0.3) is 5.78 Å². The number of esters is 1. The van der Waals surface area contributed by atoms with Crippen molar-refractivity contribution in [1.82, 2.24) is 0 Å². The van der Waals surface area contributed by atoms with E-state index in [2.05, 4.69) is 4.74 Å². The van der Waals surface area contributed by atoms with Crippen molar-refractivity contribution >= 4 is 11.8 Å². The van der Waals surface area contributed by atoms with Crippen LogP contribution in [0.25, 0.3) is 0 Å². The maximum absolute atomic E-state index is 13.7. The smallest absolute Gasteiger partial charge is 0.379 e. The number of carbonyl (C=O) groups excluding carboxylic acids is 2. The number of ether oxygens (including phenoxy) is 2. The average Bonchev–Trinajstić information content (AvgIpc) is 3.20. The minimum absolute atomic E-state index is 0.0842. The zero-order valence-electron chi connectivity index (χ0n) is 10.6. The first kappa shape index (κ1) is 13.5. The highest BCUT2D eigenvalue weighted by atomic mass is 19.1. The summed E-state index contributed by atoms with van der Waals surface area (Å²) in [6.07, 6.45) is 2.10. The molecule has 0 atom stereocenters. The van der Waals surface area contributed by atoms with E-state index >= 15 is 0 Å². The van der Waals surface area contributed by atoms with Crippen LogP contribution in [0.4, 0.5) is 4.39 Å². The lowest BCUT2D eigenvalue weighted by Crippen LogP contribution is -2.19. The van der Waals surface area contributed by atoms with Crippen LogP contribution in [0.1, 0.15) is 30.1 Å².